The molecule has 0 bridgehead atoms. The molecule has 0 aliphatic carbocycles. The van der Waals surface area contributed by atoms with Gasteiger partial charge >= 0.3 is 12.3 Å². The molecular formula is C29H23F3N4O4. The van der Waals surface area contributed by atoms with Crippen molar-refractivity contribution in [3.63, 3.8) is 0 Å². The molecular weight excluding hydrogens is 525 g/mol. The number of hydrogen-bond acceptors (Lipinski definition) is 4. The summed E-state index contributed by atoms with van der Waals surface area (Å²) in [5.74, 6) is -1.14. The highest BCUT2D eigenvalue weighted by molar-refractivity contribution is 6.39. The first-order chi connectivity index (χ1) is 18.8. The minimum atomic E-state index is -4.55. The number of imide groups is 1. The normalized spacial score (nSPS) is 15.8. The summed E-state index contributed by atoms with van der Waals surface area (Å²) in [5, 5.41) is 4.46. The lowest BCUT2D eigenvalue weighted by Gasteiger charge is -2.26. The number of nitrogens with one attached hydrogen (secondary N) is 2. The molecule has 2 aliphatic rings. The van der Waals surface area contributed by atoms with Gasteiger partial charge in [-0.1, -0.05) is 24.3 Å². The molecule has 0 fully saturated rings. The Morgan fingerprint density at radius 1 is 0.925 bits per heavy atom. The molecule has 5 aromatic rings. The molecule has 204 valence electrons. The summed E-state index contributed by atoms with van der Waals surface area (Å²) in [7, 11) is 0. The second kappa shape index (κ2) is 7.77. The number of benzene rings is 3. The molecule has 0 saturated carbocycles. The Bertz CT molecular complexity index is 1980. The van der Waals surface area contributed by atoms with Crippen molar-refractivity contribution < 1.29 is 32.3 Å². The number of rotatable bonds is 0. The number of aromatic amines is 1. The molecule has 2 aliphatic heterocycles. The fraction of sp³-hybridized carbons (Fsp3) is 0.276. The molecule has 0 spiro atoms. The van der Waals surface area contributed by atoms with E-state index in [4.69, 9.17) is 4.74 Å². The van der Waals surface area contributed by atoms with Gasteiger partial charge in [0.15, 0.2) is 0 Å². The van der Waals surface area contributed by atoms with Crippen LogP contribution in [0, 0.1) is 0 Å². The van der Waals surface area contributed by atoms with Gasteiger partial charge in [-0.3, -0.25) is 14.9 Å². The van der Waals surface area contributed by atoms with Gasteiger partial charge in [0.25, 0.3) is 11.8 Å². The molecule has 11 heteroatoms. The van der Waals surface area contributed by atoms with E-state index in [2.05, 4.69) is 10.3 Å². The van der Waals surface area contributed by atoms with Gasteiger partial charge in [0.2, 0.25) is 0 Å². The van der Waals surface area contributed by atoms with Gasteiger partial charge in [0.05, 0.1) is 39.8 Å². The van der Waals surface area contributed by atoms with Crippen LogP contribution in [0.4, 0.5) is 18.0 Å². The Morgan fingerprint density at radius 2 is 1.65 bits per heavy atom. The first-order valence-electron chi connectivity index (χ1n) is 12.8. The van der Waals surface area contributed by atoms with Crippen LogP contribution in [0.3, 0.4) is 0 Å². The predicted octanol–water partition coefficient (Wildman–Crippen LogP) is 6.08. The highest BCUT2D eigenvalue weighted by atomic mass is 19.4. The molecule has 0 atom stereocenters. The fourth-order valence-corrected chi connectivity index (χ4v) is 6.08. The van der Waals surface area contributed by atoms with E-state index in [0.29, 0.717) is 40.3 Å². The van der Waals surface area contributed by atoms with Gasteiger partial charge in [-0.2, -0.15) is 13.2 Å². The van der Waals surface area contributed by atoms with Gasteiger partial charge in [0, 0.05) is 40.2 Å². The van der Waals surface area contributed by atoms with E-state index in [1.54, 1.807) is 25.7 Å². The summed E-state index contributed by atoms with van der Waals surface area (Å²) in [6.45, 7) is 6.28. The first kappa shape index (κ1) is 24.5. The van der Waals surface area contributed by atoms with Crippen LogP contribution in [0.2, 0.25) is 0 Å². The van der Waals surface area contributed by atoms with Crippen LogP contribution in [0.15, 0.2) is 36.4 Å². The highest BCUT2D eigenvalue weighted by Gasteiger charge is 2.38. The number of nitrogens with zero attached hydrogens (tertiary/aromatic N) is 2. The molecule has 0 unspecified atom stereocenters. The molecule has 2 N–H and O–H groups in total. The average molecular weight is 549 g/mol. The number of carbonyl (C=O) groups is 3. The lowest BCUT2D eigenvalue weighted by Crippen LogP contribution is -2.37. The fourth-order valence-electron chi connectivity index (χ4n) is 6.08. The van der Waals surface area contributed by atoms with Crippen molar-refractivity contribution in [2.24, 2.45) is 0 Å². The van der Waals surface area contributed by atoms with E-state index < -0.39 is 35.2 Å². The van der Waals surface area contributed by atoms with Gasteiger partial charge < -0.3 is 19.2 Å². The van der Waals surface area contributed by atoms with E-state index in [0.717, 1.165) is 28.6 Å². The van der Waals surface area contributed by atoms with Crippen molar-refractivity contribution in [1.29, 1.82) is 0 Å². The number of aromatic nitrogens is 2. The van der Waals surface area contributed by atoms with Gasteiger partial charge in [-0.05, 0) is 38.5 Å². The second-order valence-electron chi connectivity index (χ2n) is 11.3. The van der Waals surface area contributed by atoms with Crippen molar-refractivity contribution in [2.75, 3.05) is 6.54 Å². The Morgan fingerprint density at radius 3 is 2.35 bits per heavy atom. The summed E-state index contributed by atoms with van der Waals surface area (Å²) >= 11 is 0. The number of hydrogen-bond donors (Lipinski definition) is 2. The molecule has 3 amide bonds. The van der Waals surface area contributed by atoms with Crippen LogP contribution in [0.25, 0.3) is 43.6 Å². The summed E-state index contributed by atoms with van der Waals surface area (Å²) in [5.41, 5.74) is 1.72. The number of para-hydroxylation sites is 1. The summed E-state index contributed by atoms with van der Waals surface area (Å²) in [6.07, 6.45) is -5.01. The monoisotopic (exact) mass is 548 g/mol. The van der Waals surface area contributed by atoms with Crippen molar-refractivity contribution >= 4 is 61.5 Å². The third-order valence-corrected chi connectivity index (χ3v) is 7.57. The van der Waals surface area contributed by atoms with Crippen molar-refractivity contribution in [3.8, 4) is 0 Å². The Labute approximate surface area is 224 Å². The minimum absolute atomic E-state index is 0.149. The van der Waals surface area contributed by atoms with Crippen molar-refractivity contribution in [2.45, 2.75) is 45.6 Å². The lowest BCUT2D eigenvalue weighted by atomic mass is 9.96. The largest absolute Gasteiger partial charge is 0.444 e. The highest BCUT2D eigenvalue weighted by Crippen LogP contribution is 2.45. The Hall–Kier alpha value is -4.54. The number of amides is 3. The zero-order valence-electron chi connectivity index (χ0n) is 21.7. The van der Waals surface area contributed by atoms with Gasteiger partial charge in [-0.25, -0.2) is 4.79 Å². The molecule has 40 heavy (non-hydrogen) atoms. The average Bonchev–Trinajstić information content (AvgIpc) is 3.43. The number of fused-ring (bicyclic) bond motifs is 10. The quantitative estimate of drug-likeness (QED) is 0.229. The van der Waals surface area contributed by atoms with Gasteiger partial charge in [-0.15, -0.1) is 0 Å². The zero-order chi connectivity index (χ0) is 28.3. The number of carbonyl (C=O) groups excluding carboxylic acids is 3. The third kappa shape index (κ3) is 3.36. The standard InChI is InChI=1S/C29H23F3N4O4/c1-28(2,3)40-27(39)35-9-10-36-23-13(12-35)5-4-6-16(23)19-21-20(25(37)34-26(21)38)18-15-8-7-14(29(30,31)32)11-17(15)33-22(18)24(19)36/h4-8,11,33H,9-10,12H2,1-3H3,(H,34,37,38). The zero-order valence-corrected chi connectivity index (χ0v) is 21.7. The van der Waals surface area contributed by atoms with Crippen LogP contribution < -0.4 is 5.32 Å². The van der Waals surface area contributed by atoms with E-state index in [1.807, 2.05) is 22.8 Å². The van der Waals surface area contributed by atoms with E-state index in [9.17, 15) is 27.6 Å². The summed E-state index contributed by atoms with van der Waals surface area (Å²) < 4.78 is 48.2. The molecule has 4 heterocycles. The maximum atomic E-state index is 13.5. The Kier molecular flexibility index (Phi) is 4.76. The lowest BCUT2D eigenvalue weighted by molar-refractivity contribution is -0.137. The van der Waals surface area contributed by atoms with Crippen LogP contribution >= 0.6 is 0 Å². The topological polar surface area (TPSA) is 96.4 Å². The van der Waals surface area contributed by atoms with Crippen LogP contribution in [-0.2, 0) is 24.0 Å². The van der Waals surface area contributed by atoms with Gasteiger partial charge in [0.1, 0.15) is 5.60 Å². The van der Waals surface area contributed by atoms with Crippen molar-refractivity contribution in [3.05, 3.63) is 58.7 Å². The Balaban J connectivity index is 1.57. The van der Waals surface area contributed by atoms with Crippen molar-refractivity contribution in [1.82, 2.24) is 19.8 Å². The molecule has 8 nitrogen and oxygen atoms in total. The molecule has 0 radical (unpaired) electrons. The second-order valence-corrected chi connectivity index (χ2v) is 11.3. The van der Waals surface area contributed by atoms with E-state index >= 15 is 0 Å². The molecule has 2 aromatic heterocycles. The van der Waals surface area contributed by atoms with E-state index in [1.165, 1.54) is 6.07 Å². The molecule has 7 rings (SSSR count). The molecule has 0 saturated heterocycles. The summed E-state index contributed by atoms with van der Waals surface area (Å²) in [6, 6.07) is 8.90. The first-order valence-corrected chi connectivity index (χ1v) is 12.8. The summed E-state index contributed by atoms with van der Waals surface area (Å²) in [4.78, 5) is 44.0. The number of alkyl halides is 3. The number of H-pyrrole nitrogens is 1. The number of halogens is 3. The predicted molar refractivity (Wildman–Crippen MR) is 142 cm³/mol. The number of ether oxygens (including phenoxy) is 1. The van der Waals surface area contributed by atoms with Crippen LogP contribution in [0.5, 0.6) is 0 Å². The maximum absolute atomic E-state index is 13.5. The SMILES string of the molecule is CC(C)(C)OC(=O)N1CCn2c3c(cccc3c3c4c(c5c6ccc(C(F)(F)F)cc6[nH]c5c32)C(=O)NC4=O)C1. The van der Waals surface area contributed by atoms with Crippen LogP contribution in [0.1, 0.15) is 52.6 Å². The smallest absolute Gasteiger partial charge is 0.416 e. The van der Waals surface area contributed by atoms with E-state index in [-0.39, 0.29) is 23.2 Å². The third-order valence-electron chi connectivity index (χ3n) is 7.57. The minimum Gasteiger partial charge on any atom is -0.444 e. The molecule has 3 aromatic carbocycles. The maximum Gasteiger partial charge on any atom is 0.416 e. The van der Waals surface area contributed by atoms with Crippen LogP contribution in [-0.4, -0.2) is 44.5 Å².